The van der Waals surface area contributed by atoms with Crippen LogP contribution in [0.15, 0.2) is 35.3 Å². The Hall–Kier alpha value is -3.00. The molecular formula is C18H18N6O2. The molecular weight excluding hydrogens is 332 g/mol. The van der Waals surface area contributed by atoms with E-state index in [1.165, 1.54) is 6.20 Å². The highest BCUT2D eigenvalue weighted by molar-refractivity contribution is 5.97. The molecule has 8 heteroatoms. The molecule has 26 heavy (non-hydrogen) atoms. The molecule has 3 unspecified atom stereocenters. The van der Waals surface area contributed by atoms with Crippen molar-refractivity contribution in [3.63, 3.8) is 0 Å². The molecule has 0 spiro atoms. The first-order valence-electron chi connectivity index (χ1n) is 8.73. The number of aromatic nitrogens is 4. The van der Waals surface area contributed by atoms with Crippen LogP contribution >= 0.6 is 0 Å². The van der Waals surface area contributed by atoms with Crippen molar-refractivity contribution in [3.05, 3.63) is 52.2 Å². The minimum Gasteiger partial charge on any atom is -0.326 e. The van der Waals surface area contributed by atoms with Crippen molar-refractivity contribution in [1.29, 1.82) is 0 Å². The lowest BCUT2D eigenvalue weighted by Gasteiger charge is -2.38. The number of rotatable bonds is 2. The lowest BCUT2D eigenvalue weighted by molar-refractivity contribution is -0.120. The van der Waals surface area contributed by atoms with E-state index in [1.54, 1.807) is 0 Å². The fraction of sp³-hybridized carbons (Fsp3) is 0.333. The van der Waals surface area contributed by atoms with Crippen LogP contribution in [0.3, 0.4) is 0 Å². The third-order valence-electron chi connectivity index (χ3n) is 5.76. The van der Waals surface area contributed by atoms with Gasteiger partial charge in [-0.1, -0.05) is 25.1 Å². The van der Waals surface area contributed by atoms with Crippen LogP contribution in [0.1, 0.15) is 30.7 Å². The van der Waals surface area contributed by atoms with Crippen molar-refractivity contribution < 1.29 is 4.79 Å². The molecule has 3 aromatic rings. The predicted molar refractivity (Wildman–Crippen MR) is 95.8 cm³/mol. The summed E-state index contributed by atoms with van der Waals surface area (Å²) in [5.41, 5.74) is 1.49. The molecule has 0 aliphatic carbocycles. The first kappa shape index (κ1) is 15.3. The van der Waals surface area contributed by atoms with Crippen molar-refractivity contribution in [2.75, 3.05) is 11.9 Å². The van der Waals surface area contributed by atoms with E-state index in [2.05, 4.69) is 30.8 Å². The van der Waals surface area contributed by atoms with E-state index in [0.29, 0.717) is 29.8 Å². The van der Waals surface area contributed by atoms with Gasteiger partial charge in [0.2, 0.25) is 5.91 Å². The molecule has 8 nitrogen and oxygen atoms in total. The Balaban J connectivity index is 1.76. The Morgan fingerprint density at radius 2 is 2.12 bits per heavy atom. The summed E-state index contributed by atoms with van der Waals surface area (Å²) in [6.07, 6.45) is 2.15. The Bertz CT molecular complexity index is 1090. The van der Waals surface area contributed by atoms with Crippen LogP contribution in [0.25, 0.3) is 11.0 Å². The normalized spacial score (nSPS) is 27.2. The lowest BCUT2D eigenvalue weighted by Crippen LogP contribution is -2.45. The Morgan fingerprint density at radius 3 is 2.96 bits per heavy atom. The maximum absolute atomic E-state index is 12.7. The Labute approximate surface area is 148 Å². The molecule has 3 atom stereocenters. The number of aromatic amines is 2. The molecule has 0 bridgehead atoms. The number of para-hydroxylation sites is 1. The molecule has 1 amide bonds. The smallest absolute Gasteiger partial charge is 0.262 e. The zero-order valence-electron chi connectivity index (χ0n) is 14.2. The van der Waals surface area contributed by atoms with E-state index in [-0.39, 0.29) is 23.3 Å². The van der Waals surface area contributed by atoms with Gasteiger partial charge in [-0.3, -0.25) is 14.7 Å². The highest BCUT2D eigenvalue weighted by Crippen LogP contribution is 2.51. The molecule has 2 aliphatic heterocycles. The van der Waals surface area contributed by atoms with Gasteiger partial charge in [-0.25, -0.2) is 4.98 Å². The van der Waals surface area contributed by atoms with Crippen molar-refractivity contribution in [2.24, 2.45) is 5.92 Å². The van der Waals surface area contributed by atoms with Gasteiger partial charge in [0.05, 0.1) is 17.7 Å². The summed E-state index contributed by atoms with van der Waals surface area (Å²) in [5.74, 6) is 0.217. The van der Waals surface area contributed by atoms with Gasteiger partial charge < -0.3 is 15.6 Å². The molecule has 5 rings (SSSR count). The standard InChI is InChI=1S/C18H18N6O2/c1-2-18(17-22-14-11(8-20-24-14)16(26)23-17)13-9-5-3-4-6-12(9)21-15(25)10(13)7-19-18/h3-6,8,10,13,19H,2,7H2,1H3,(H,21,25)(H2,20,22,23,24,26). The number of benzene rings is 1. The van der Waals surface area contributed by atoms with Gasteiger partial charge in [-0.15, -0.1) is 0 Å². The number of amides is 1. The summed E-state index contributed by atoms with van der Waals surface area (Å²) in [6.45, 7) is 2.57. The summed E-state index contributed by atoms with van der Waals surface area (Å²) in [7, 11) is 0. The van der Waals surface area contributed by atoms with Gasteiger partial charge in [0.1, 0.15) is 11.2 Å². The summed E-state index contributed by atoms with van der Waals surface area (Å²) >= 11 is 0. The van der Waals surface area contributed by atoms with Gasteiger partial charge >= 0.3 is 0 Å². The average Bonchev–Trinajstić information content (AvgIpc) is 3.27. The maximum atomic E-state index is 12.7. The Kier molecular flexibility index (Phi) is 3.08. The number of anilines is 1. The van der Waals surface area contributed by atoms with Crippen LogP contribution in [-0.2, 0) is 10.3 Å². The third-order valence-corrected chi connectivity index (χ3v) is 5.76. The van der Waals surface area contributed by atoms with Gasteiger partial charge in [0.25, 0.3) is 5.56 Å². The van der Waals surface area contributed by atoms with Crippen LogP contribution < -0.4 is 16.2 Å². The molecule has 2 aliphatic rings. The molecule has 2 aromatic heterocycles. The van der Waals surface area contributed by atoms with E-state index in [9.17, 15) is 9.59 Å². The van der Waals surface area contributed by atoms with Crippen LogP contribution in [0.4, 0.5) is 5.69 Å². The molecule has 0 saturated carbocycles. The van der Waals surface area contributed by atoms with E-state index in [0.717, 1.165) is 11.3 Å². The largest absolute Gasteiger partial charge is 0.326 e. The summed E-state index contributed by atoms with van der Waals surface area (Å²) in [5, 5.41) is 13.6. The SMILES string of the molecule is CCC1(c2nc3[nH]ncc3c(=O)[nH]2)NCC2C(=O)Nc3ccccc3C21. The molecule has 1 fully saturated rings. The number of fused-ring (bicyclic) bond motifs is 4. The van der Waals surface area contributed by atoms with Gasteiger partial charge in [-0.2, -0.15) is 5.10 Å². The van der Waals surface area contributed by atoms with Crippen LogP contribution in [-0.4, -0.2) is 32.6 Å². The number of H-pyrrole nitrogens is 2. The molecule has 1 saturated heterocycles. The lowest BCUT2D eigenvalue weighted by atomic mass is 9.71. The Morgan fingerprint density at radius 1 is 1.27 bits per heavy atom. The van der Waals surface area contributed by atoms with Crippen molar-refractivity contribution >= 4 is 22.6 Å². The first-order valence-corrected chi connectivity index (χ1v) is 8.73. The van der Waals surface area contributed by atoms with Gasteiger partial charge in [-0.05, 0) is 18.1 Å². The van der Waals surface area contributed by atoms with E-state index >= 15 is 0 Å². The van der Waals surface area contributed by atoms with E-state index in [1.807, 2.05) is 31.2 Å². The van der Waals surface area contributed by atoms with Crippen LogP contribution in [0, 0.1) is 5.92 Å². The zero-order valence-corrected chi connectivity index (χ0v) is 14.2. The average molecular weight is 350 g/mol. The fourth-order valence-electron chi connectivity index (χ4n) is 4.50. The second-order valence-electron chi connectivity index (χ2n) is 6.91. The number of carbonyl (C=O) groups is 1. The second-order valence-corrected chi connectivity index (χ2v) is 6.91. The topological polar surface area (TPSA) is 116 Å². The quantitative estimate of drug-likeness (QED) is 0.554. The second kappa shape index (κ2) is 5.25. The molecule has 4 N–H and O–H groups in total. The number of nitrogens with zero attached hydrogens (tertiary/aromatic N) is 2. The number of hydrogen-bond acceptors (Lipinski definition) is 5. The third kappa shape index (κ3) is 1.87. The van der Waals surface area contributed by atoms with Gasteiger partial charge in [0.15, 0.2) is 5.65 Å². The predicted octanol–water partition coefficient (Wildman–Crippen LogP) is 1.21. The van der Waals surface area contributed by atoms with Crippen LogP contribution in [0.2, 0.25) is 0 Å². The minimum atomic E-state index is -0.628. The zero-order chi connectivity index (χ0) is 17.9. The minimum absolute atomic E-state index is 0.00138. The van der Waals surface area contributed by atoms with Crippen molar-refractivity contribution in [3.8, 4) is 0 Å². The van der Waals surface area contributed by atoms with Gasteiger partial charge in [0, 0.05) is 18.2 Å². The molecule has 0 radical (unpaired) electrons. The number of carbonyl (C=O) groups excluding carboxylic acids is 1. The van der Waals surface area contributed by atoms with E-state index < -0.39 is 5.54 Å². The van der Waals surface area contributed by atoms with Crippen LogP contribution in [0.5, 0.6) is 0 Å². The summed E-state index contributed by atoms with van der Waals surface area (Å²) in [6, 6.07) is 7.83. The molecule has 1 aromatic carbocycles. The summed E-state index contributed by atoms with van der Waals surface area (Å²) in [4.78, 5) is 32.7. The number of hydrogen-bond donors (Lipinski definition) is 4. The monoisotopic (exact) mass is 350 g/mol. The number of nitrogens with one attached hydrogen (secondary N) is 4. The highest BCUT2D eigenvalue weighted by Gasteiger charge is 2.55. The van der Waals surface area contributed by atoms with E-state index in [4.69, 9.17) is 0 Å². The summed E-state index contributed by atoms with van der Waals surface area (Å²) < 4.78 is 0. The molecule has 132 valence electrons. The first-order chi connectivity index (χ1) is 12.6. The molecule has 4 heterocycles. The van der Waals surface area contributed by atoms with Crippen molar-refractivity contribution in [2.45, 2.75) is 24.8 Å². The fourth-order valence-corrected chi connectivity index (χ4v) is 4.50. The maximum Gasteiger partial charge on any atom is 0.262 e. The highest BCUT2D eigenvalue weighted by atomic mass is 16.2. The van der Waals surface area contributed by atoms with Crippen molar-refractivity contribution in [1.82, 2.24) is 25.5 Å².